The third-order valence-corrected chi connectivity index (χ3v) is 3.23. The summed E-state index contributed by atoms with van der Waals surface area (Å²) in [6.45, 7) is 1.85. The Balaban J connectivity index is 2.12. The molecule has 0 aliphatic heterocycles. The molecule has 0 fully saturated rings. The minimum absolute atomic E-state index is 0.129. The van der Waals surface area contributed by atoms with Crippen LogP contribution in [0.3, 0.4) is 0 Å². The van der Waals surface area contributed by atoms with Gasteiger partial charge in [-0.15, -0.1) is 0 Å². The van der Waals surface area contributed by atoms with Gasteiger partial charge in [-0.1, -0.05) is 18.2 Å². The molecule has 4 nitrogen and oxygen atoms in total. The number of furan rings is 1. The molecule has 5 heteroatoms. The predicted molar refractivity (Wildman–Crippen MR) is 71.8 cm³/mol. The van der Waals surface area contributed by atoms with E-state index < -0.39 is 5.60 Å². The summed E-state index contributed by atoms with van der Waals surface area (Å²) in [7, 11) is 1.48. The Hall–Kier alpha value is -2.14. The summed E-state index contributed by atoms with van der Waals surface area (Å²) in [6.07, 6.45) is 1.42. The molecule has 1 atom stereocenters. The van der Waals surface area contributed by atoms with Crippen LogP contribution in [0.5, 0.6) is 0 Å². The second-order valence-electron chi connectivity index (χ2n) is 4.57. The molecule has 1 aromatic carbocycles. The van der Waals surface area contributed by atoms with Crippen molar-refractivity contribution in [3.05, 3.63) is 59.8 Å². The van der Waals surface area contributed by atoms with Crippen molar-refractivity contribution in [3.63, 3.8) is 0 Å². The number of hydrogen-bond acceptors (Lipinski definition) is 3. The molecule has 0 radical (unpaired) electrons. The minimum atomic E-state index is -0.951. The number of ether oxygens (including phenoxy) is 1. The molecular formula is C15H16FNO3. The van der Waals surface area contributed by atoms with Gasteiger partial charge in [0.25, 0.3) is 5.91 Å². The van der Waals surface area contributed by atoms with E-state index in [2.05, 4.69) is 5.32 Å². The molecule has 0 saturated carbocycles. The van der Waals surface area contributed by atoms with E-state index in [-0.39, 0.29) is 24.0 Å². The number of hydrogen-bond donors (Lipinski definition) is 1. The quantitative estimate of drug-likeness (QED) is 0.914. The van der Waals surface area contributed by atoms with Crippen LogP contribution in [0.4, 0.5) is 4.39 Å². The number of methoxy groups -OCH3 is 1. The first-order valence-corrected chi connectivity index (χ1v) is 6.19. The summed E-state index contributed by atoms with van der Waals surface area (Å²) < 4.78 is 24.2. The highest BCUT2D eigenvalue weighted by molar-refractivity contribution is 5.91. The topological polar surface area (TPSA) is 51.5 Å². The van der Waals surface area contributed by atoms with Crippen LogP contribution in [-0.4, -0.2) is 19.6 Å². The number of amides is 1. The van der Waals surface area contributed by atoms with Gasteiger partial charge in [-0.3, -0.25) is 4.79 Å². The van der Waals surface area contributed by atoms with Crippen LogP contribution in [0.2, 0.25) is 0 Å². The van der Waals surface area contributed by atoms with E-state index in [4.69, 9.17) is 9.15 Å². The largest absolute Gasteiger partial charge is 0.459 e. The Morgan fingerprint density at radius 2 is 2.10 bits per heavy atom. The lowest BCUT2D eigenvalue weighted by Gasteiger charge is -2.29. The van der Waals surface area contributed by atoms with Gasteiger partial charge < -0.3 is 14.5 Å². The first-order chi connectivity index (χ1) is 9.57. The summed E-state index contributed by atoms with van der Waals surface area (Å²) in [5, 5.41) is 2.68. The maximum absolute atomic E-state index is 13.9. The summed E-state index contributed by atoms with van der Waals surface area (Å²) >= 11 is 0. The van der Waals surface area contributed by atoms with Gasteiger partial charge in [0.2, 0.25) is 0 Å². The Morgan fingerprint density at radius 1 is 1.35 bits per heavy atom. The minimum Gasteiger partial charge on any atom is -0.459 e. The van der Waals surface area contributed by atoms with Gasteiger partial charge >= 0.3 is 0 Å². The van der Waals surface area contributed by atoms with Crippen LogP contribution in [0.25, 0.3) is 0 Å². The first kappa shape index (κ1) is 14.3. The van der Waals surface area contributed by atoms with Crippen LogP contribution < -0.4 is 5.32 Å². The summed E-state index contributed by atoms with van der Waals surface area (Å²) in [5.41, 5.74) is -0.560. The number of carbonyl (C=O) groups is 1. The normalized spacial score (nSPS) is 13.8. The summed E-state index contributed by atoms with van der Waals surface area (Å²) in [6, 6.07) is 9.52. The van der Waals surface area contributed by atoms with E-state index in [0.717, 1.165) is 0 Å². The molecule has 1 N–H and O–H groups in total. The van der Waals surface area contributed by atoms with Gasteiger partial charge in [0.05, 0.1) is 12.8 Å². The molecule has 0 aliphatic carbocycles. The van der Waals surface area contributed by atoms with Crippen LogP contribution in [-0.2, 0) is 10.3 Å². The molecule has 2 rings (SSSR count). The molecule has 0 bridgehead atoms. The highest BCUT2D eigenvalue weighted by atomic mass is 19.1. The Bertz CT molecular complexity index is 583. The maximum Gasteiger partial charge on any atom is 0.287 e. The number of carbonyl (C=O) groups excluding carboxylic acids is 1. The number of nitrogens with one attached hydrogen (secondary N) is 1. The van der Waals surface area contributed by atoms with E-state index in [0.29, 0.717) is 5.56 Å². The molecule has 0 unspecified atom stereocenters. The van der Waals surface area contributed by atoms with Crippen LogP contribution in [0, 0.1) is 5.82 Å². The van der Waals surface area contributed by atoms with Gasteiger partial charge in [-0.25, -0.2) is 4.39 Å². The molecule has 1 amide bonds. The van der Waals surface area contributed by atoms with Crippen molar-refractivity contribution in [1.29, 1.82) is 0 Å². The lowest BCUT2D eigenvalue weighted by molar-refractivity contribution is 0.000186. The smallest absolute Gasteiger partial charge is 0.287 e. The van der Waals surface area contributed by atoms with Gasteiger partial charge in [-0.2, -0.15) is 0 Å². The molecule has 1 aromatic heterocycles. The van der Waals surface area contributed by atoms with Gasteiger partial charge in [0, 0.05) is 12.7 Å². The van der Waals surface area contributed by atoms with Crippen molar-refractivity contribution in [2.24, 2.45) is 0 Å². The molecule has 2 aromatic rings. The average Bonchev–Trinajstić information content (AvgIpc) is 2.99. The van der Waals surface area contributed by atoms with Crippen molar-refractivity contribution in [1.82, 2.24) is 5.32 Å². The van der Waals surface area contributed by atoms with Crippen molar-refractivity contribution in [3.8, 4) is 0 Å². The van der Waals surface area contributed by atoms with Gasteiger partial charge in [0.15, 0.2) is 5.76 Å². The Kier molecular flexibility index (Phi) is 4.20. The van der Waals surface area contributed by atoms with E-state index in [1.165, 1.54) is 19.4 Å². The lowest BCUT2D eigenvalue weighted by Crippen LogP contribution is -2.40. The van der Waals surface area contributed by atoms with Gasteiger partial charge in [0.1, 0.15) is 11.4 Å². The second kappa shape index (κ2) is 5.88. The van der Waals surface area contributed by atoms with Crippen molar-refractivity contribution < 1.29 is 18.3 Å². The SMILES string of the molecule is CO[C@@](C)(CNC(=O)c1ccco1)c1ccccc1F. The summed E-state index contributed by atoms with van der Waals surface area (Å²) in [5.74, 6) is -0.532. The third-order valence-electron chi connectivity index (χ3n) is 3.23. The highest BCUT2D eigenvalue weighted by Gasteiger charge is 2.30. The fourth-order valence-electron chi connectivity index (χ4n) is 1.91. The molecule has 1 heterocycles. The van der Waals surface area contributed by atoms with Crippen LogP contribution >= 0.6 is 0 Å². The van der Waals surface area contributed by atoms with E-state index >= 15 is 0 Å². The number of halogens is 1. The molecule has 106 valence electrons. The van der Waals surface area contributed by atoms with Crippen molar-refractivity contribution in [2.45, 2.75) is 12.5 Å². The molecule has 0 aliphatic rings. The fraction of sp³-hybridized carbons (Fsp3) is 0.267. The highest BCUT2D eigenvalue weighted by Crippen LogP contribution is 2.26. The van der Waals surface area contributed by atoms with E-state index in [9.17, 15) is 9.18 Å². The Morgan fingerprint density at radius 3 is 2.70 bits per heavy atom. The number of rotatable bonds is 5. The zero-order valence-corrected chi connectivity index (χ0v) is 11.4. The van der Waals surface area contributed by atoms with Crippen LogP contribution in [0.15, 0.2) is 47.1 Å². The molecule has 20 heavy (non-hydrogen) atoms. The van der Waals surface area contributed by atoms with E-state index in [1.54, 1.807) is 37.3 Å². The summed E-state index contributed by atoms with van der Waals surface area (Å²) in [4.78, 5) is 11.8. The average molecular weight is 277 g/mol. The fourth-order valence-corrected chi connectivity index (χ4v) is 1.91. The second-order valence-corrected chi connectivity index (χ2v) is 4.57. The standard InChI is InChI=1S/C15H16FNO3/c1-15(19-2,11-6-3-4-7-12(11)16)10-17-14(18)13-8-5-9-20-13/h3-9H,10H2,1-2H3,(H,17,18)/t15-/m0/s1. The zero-order chi connectivity index (χ0) is 14.6. The first-order valence-electron chi connectivity index (χ1n) is 6.19. The zero-order valence-electron chi connectivity index (χ0n) is 11.4. The molecule has 0 spiro atoms. The number of benzene rings is 1. The molecule has 0 saturated heterocycles. The van der Waals surface area contributed by atoms with Gasteiger partial charge in [-0.05, 0) is 25.1 Å². The predicted octanol–water partition coefficient (Wildman–Crippen LogP) is 2.71. The van der Waals surface area contributed by atoms with E-state index in [1.807, 2.05) is 0 Å². The van der Waals surface area contributed by atoms with Crippen molar-refractivity contribution >= 4 is 5.91 Å². The molecular weight excluding hydrogens is 261 g/mol. The maximum atomic E-state index is 13.9. The monoisotopic (exact) mass is 277 g/mol. The van der Waals surface area contributed by atoms with Crippen molar-refractivity contribution in [2.75, 3.05) is 13.7 Å². The van der Waals surface area contributed by atoms with Crippen LogP contribution in [0.1, 0.15) is 23.0 Å². The Labute approximate surface area is 116 Å². The third kappa shape index (κ3) is 2.88. The lowest BCUT2D eigenvalue weighted by atomic mass is 9.95.